The van der Waals surface area contributed by atoms with E-state index in [1.54, 1.807) is 38.2 Å². The Kier molecular flexibility index (Phi) is 15.5. The van der Waals surface area contributed by atoms with E-state index in [4.69, 9.17) is 25.3 Å². The van der Waals surface area contributed by atoms with Gasteiger partial charge in [-0.2, -0.15) is 15.3 Å². The van der Waals surface area contributed by atoms with Crippen molar-refractivity contribution in [3.05, 3.63) is 126 Å². The molecule has 44 heavy (non-hydrogen) atoms. The minimum absolute atomic E-state index is 0. The van der Waals surface area contributed by atoms with Gasteiger partial charge in [-0.1, -0.05) is 78.9 Å². The Hall–Kier alpha value is -3.30. The predicted molar refractivity (Wildman–Crippen MR) is 183 cm³/mol. The summed E-state index contributed by atoms with van der Waals surface area (Å²) in [6, 6.07) is 38.5. The van der Waals surface area contributed by atoms with Crippen LogP contribution < -0.4 is 43.5 Å². The maximum atomic E-state index is 11.1. The van der Waals surface area contributed by atoms with Crippen LogP contribution in [0.1, 0.15) is 22.8 Å². The third-order valence-corrected chi connectivity index (χ3v) is 11.2. The normalized spacial score (nSPS) is 12.4. The van der Waals surface area contributed by atoms with E-state index in [0.29, 0.717) is 28.8 Å². The number of carbonyl (C=O) groups is 1. The van der Waals surface area contributed by atoms with Crippen LogP contribution in [0.4, 0.5) is 0 Å². The average molecular weight is 753 g/mol. The average Bonchev–Trinajstić information content (AvgIpc) is 3.05. The molecule has 0 unspecified atom stereocenters. The Morgan fingerprint density at radius 2 is 1.16 bits per heavy atom. The molecule has 229 valence electrons. The molecule has 4 aromatic carbocycles. The number of carbonyl (C=O) groups excluding carboxylic acids is 1. The van der Waals surface area contributed by atoms with Gasteiger partial charge in [0.15, 0.2) is 0 Å². The third-order valence-electron chi connectivity index (χ3n) is 6.47. The fourth-order valence-corrected chi connectivity index (χ4v) is 8.49. The van der Waals surface area contributed by atoms with Gasteiger partial charge in [0.05, 0.1) is 5.71 Å². The summed E-state index contributed by atoms with van der Waals surface area (Å²) in [5.41, 5.74) is 2.19. The summed E-state index contributed by atoms with van der Waals surface area (Å²) in [5.74, 6) is 0. The molecule has 0 saturated carbocycles. The summed E-state index contributed by atoms with van der Waals surface area (Å²) in [5, 5.41) is 27.4. The Labute approximate surface area is 291 Å². The van der Waals surface area contributed by atoms with Gasteiger partial charge in [0.1, 0.15) is 41.5 Å². The van der Waals surface area contributed by atoms with Gasteiger partial charge in [0.2, 0.25) is 0 Å². The van der Waals surface area contributed by atoms with E-state index >= 15 is 0 Å². The minimum atomic E-state index is -2.15. The van der Waals surface area contributed by atoms with E-state index in [-0.39, 0.29) is 44.4 Å². The maximum Gasteiger partial charge on any atom is 2.00 e. The smallest absolute Gasteiger partial charge is 1.00 e. The Morgan fingerprint density at radius 1 is 0.705 bits per heavy atom. The number of nitrogens with zero attached hydrogens (tertiary/aromatic N) is 4. The van der Waals surface area contributed by atoms with E-state index in [1.807, 2.05) is 18.2 Å². The van der Waals surface area contributed by atoms with Crippen molar-refractivity contribution in [1.82, 2.24) is 10.6 Å². The van der Waals surface area contributed by atoms with Gasteiger partial charge in [-0.05, 0) is 48.5 Å². The molecule has 4 rings (SSSR count). The molecule has 1 radical (unpaired) electrons. The van der Waals surface area contributed by atoms with E-state index in [0.717, 1.165) is 6.29 Å². The zero-order chi connectivity index (χ0) is 29.8. The van der Waals surface area contributed by atoms with Gasteiger partial charge in [-0.25, -0.2) is 0 Å². The number of nitrogens with one attached hydrogen (secondary N) is 2. The fraction of sp³-hybridized carbons (Fsp3) is 0.0938. The van der Waals surface area contributed by atoms with Crippen LogP contribution in [-0.4, -0.2) is 41.4 Å². The van der Waals surface area contributed by atoms with Crippen LogP contribution in [0.5, 0.6) is 0 Å². The Balaban J connectivity index is 0.00000337. The SMILES string of the molecule is CNC([S-])=NN=C(C(C)=NN=C([S-])NC[P+](c1ccccc1)(c1ccccc1)c1ccccc1)c1ccc(C=O)cc1.[Br-].[Cu+2]. The summed E-state index contributed by atoms with van der Waals surface area (Å²) in [4.78, 5) is 11.1. The largest absolute Gasteiger partial charge is 2.00 e. The van der Waals surface area contributed by atoms with Crippen LogP contribution >= 0.6 is 7.26 Å². The van der Waals surface area contributed by atoms with Gasteiger partial charge in [0, 0.05) is 23.3 Å². The predicted octanol–water partition coefficient (Wildman–Crippen LogP) is 1.15. The molecule has 0 fully saturated rings. The number of halogens is 1. The van der Waals surface area contributed by atoms with E-state index in [9.17, 15) is 4.79 Å². The van der Waals surface area contributed by atoms with E-state index in [1.165, 1.54) is 15.9 Å². The molecule has 0 atom stereocenters. The first-order valence-electron chi connectivity index (χ1n) is 13.1. The van der Waals surface area contributed by atoms with Crippen LogP contribution in [0.2, 0.25) is 0 Å². The van der Waals surface area contributed by atoms with Crippen molar-refractivity contribution in [2.45, 2.75) is 6.92 Å². The molecule has 0 aliphatic heterocycles. The molecule has 0 amide bonds. The van der Waals surface area contributed by atoms with Crippen LogP contribution in [0.3, 0.4) is 0 Å². The zero-order valence-corrected chi connectivity index (χ0v) is 28.9. The summed E-state index contributed by atoms with van der Waals surface area (Å²) >= 11 is 10.8. The molecule has 7 nitrogen and oxygen atoms in total. The Bertz CT molecular complexity index is 1510. The molecule has 0 heterocycles. The van der Waals surface area contributed by atoms with Gasteiger partial charge in [0.25, 0.3) is 0 Å². The van der Waals surface area contributed by atoms with Gasteiger partial charge >= 0.3 is 17.1 Å². The van der Waals surface area contributed by atoms with Crippen molar-refractivity contribution in [3.63, 3.8) is 0 Å². The molecule has 2 N–H and O–H groups in total. The molecule has 0 bridgehead atoms. The first-order chi connectivity index (χ1) is 20.5. The topological polar surface area (TPSA) is 90.6 Å². The number of hydrogen-bond donors (Lipinski definition) is 2. The van der Waals surface area contributed by atoms with Crippen molar-refractivity contribution in [2.24, 2.45) is 20.4 Å². The minimum Gasteiger partial charge on any atom is -1.00 e. The molecular formula is C32H30BrCuN6OPS2. The van der Waals surface area contributed by atoms with Crippen molar-refractivity contribution in [1.29, 1.82) is 0 Å². The van der Waals surface area contributed by atoms with E-state index < -0.39 is 7.26 Å². The van der Waals surface area contributed by atoms with Crippen LogP contribution in [0, 0.1) is 0 Å². The number of amidine groups is 2. The first kappa shape index (κ1) is 36.9. The zero-order valence-electron chi connectivity index (χ0n) is 23.9. The van der Waals surface area contributed by atoms with Crippen LogP contribution in [0.15, 0.2) is 136 Å². The van der Waals surface area contributed by atoms with Crippen LogP contribution in [-0.2, 0) is 42.3 Å². The Morgan fingerprint density at radius 3 is 1.59 bits per heavy atom. The standard InChI is InChI=1S/C32H31N6OPS2.BrH.Cu/c1-24(30(36-37-31(41)33-2)26-20-18-25(22-39)19-21-26)35-38-32(42)34-23-40(27-12-6-3-7-13-27,28-14-8-4-9-15-28)29-16-10-5-11-17-29;;/h3-22H,23H2,1-2H3,(H3-,33,34,35,36,37,38,39,41,42);1H;/q;;+2/p-2. The summed E-state index contributed by atoms with van der Waals surface area (Å²) in [7, 11) is -0.480. The number of aldehydes is 1. The monoisotopic (exact) mass is 751 g/mol. The number of hydrogen-bond acceptors (Lipinski definition) is 7. The molecule has 0 saturated heterocycles. The van der Waals surface area contributed by atoms with E-state index in [2.05, 4.69) is 104 Å². The van der Waals surface area contributed by atoms with Crippen LogP contribution in [0.25, 0.3) is 0 Å². The summed E-state index contributed by atoms with van der Waals surface area (Å²) in [6.07, 6.45) is 1.34. The van der Waals surface area contributed by atoms with Gasteiger partial charge in [-0.3, -0.25) is 4.79 Å². The number of rotatable bonds is 10. The second kappa shape index (κ2) is 18.5. The van der Waals surface area contributed by atoms with Gasteiger partial charge in [-0.15, -0.1) is 5.10 Å². The molecule has 0 aromatic heterocycles. The van der Waals surface area contributed by atoms with Crippen molar-refractivity contribution >= 4 is 76.5 Å². The molecule has 4 aromatic rings. The molecular weight excluding hydrogens is 723 g/mol. The number of benzene rings is 4. The first-order valence-corrected chi connectivity index (χ1v) is 15.9. The third kappa shape index (κ3) is 9.35. The molecule has 0 aliphatic rings. The van der Waals surface area contributed by atoms with Crippen molar-refractivity contribution < 1.29 is 38.8 Å². The maximum absolute atomic E-state index is 11.1. The second-order valence-electron chi connectivity index (χ2n) is 9.09. The second-order valence-corrected chi connectivity index (χ2v) is 13.3. The fourth-order valence-electron chi connectivity index (χ4n) is 4.36. The molecule has 0 aliphatic carbocycles. The quantitative estimate of drug-likeness (QED) is 0.0483. The van der Waals surface area contributed by atoms with Crippen molar-refractivity contribution in [2.75, 3.05) is 13.3 Å². The summed E-state index contributed by atoms with van der Waals surface area (Å²) < 4.78 is 0. The molecule has 0 spiro atoms. The van der Waals surface area contributed by atoms with Gasteiger partial charge < -0.3 is 52.9 Å². The summed E-state index contributed by atoms with van der Waals surface area (Å²) in [6.45, 7) is 1.77. The molecule has 12 heteroatoms. The van der Waals surface area contributed by atoms with Crippen molar-refractivity contribution in [3.8, 4) is 0 Å².